The van der Waals surface area contributed by atoms with Crippen molar-refractivity contribution in [2.24, 2.45) is 5.92 Å². The van der Waals surface area contributed by atoms with Crippen LogP contribution in [0, 0.1) is 28.6 Å². The van der Waals surface area contributed by atoms with Crippen LogP contribution in [0.5, 0.6) is 0 Å². The molecule has 0 bridgehead atoms. The summed E-state index contributed by atoms with van der Waals surface area (Å²) in [6.07, 6.45) is 2.04. The van der Waals surface area contributed by atoms with Crippen molar-refractivity contribution in [3.05, 3.63) is 42.0 Å². The number of nitriles is 2. The standard InChI is InChI=1S/C17H15N3/c18-10-13-4-3-9-20(12-13)17-8-7-14(11-19)15-5-1-2-6-16(15)17/h1-2,5-8,13H,3-4,9,12H2. The largest absolute Gasteiger partial charge is 0.370 e. The summed E-state index contributed by atoms with van der Waals surface area (Å²) in [6.45, 7) is 1.76. The molecule has 3 heteroatoms. The van der Waals surface area contributed by atoms with Crippen LogP contribution >= 0.6 is 0 Å². The molecule has 1 heterocycles. The zero-order valence-electron chi connectivity index (χ0n) is 11.2. The van der Waals surface area contributed by atoms with Crippen LogP contribution < -0.4 is 4.90 Å². The van der Waals surface area contributed by atoms with Gasteiger partial charge in [-0.2, -0.15) is 10.5 Å². The van der Waals surface area contributed by atoms with Gasteiger partial charge in [-0.15, -0.1) is 0 Å². The van der Waals surface area contributed by atoms with Crippen molar-refractivity contribution < 1.29 is 0 Å². The first-order chi connectivity index (χ1) is 9.83. The minimum Gasteiger partial charge on any atom is -0.370 e. The van der Waals surface area contributed by atoms with Crippen LogP contribution in [0.2, 0.25) is 0 Å². The van der Waals surface area contributed by atoms with E-state index in [-0.39, 0.29) is 5.92 Å². The highest BCUT2D eigenvalue weighted by Gasteiger charge is 2.21. The van der Waals surface area contributed by atoms with Crippen LogP contribution in [0.3, 0.4) is 0 Å². The quantitative estimate of drug-likeness (QED) is 0.790. The zero-order valence-corrected chi connectivity index (χ0v) is 11.2. The summed E-state index contributed by atoms with van der Waals surface area (Å²) in [5.41, 5.74) is 1.85. The Hall–Kier alpha value is -2.52. The lowest BCUT2D eigenvalue weighted by molar-refractivity contribution is 0.494. The minimum atomic E-state index is 0.109. The molecule has 0 saturated carbocycles. The van der Waals surface area contributed by atoms with Crippen molar-refractivity contribution in [3.8, 4) is 12.1 Å². The smallest absolute Gasteiger partial charge is 0.0998 e. The Morgan fingerprint density at radius 2 is 1.85 bits per heavy atom. The summed E-state index contributed by atoms with van der Waals surface area (Å²) in [5.74, 6) is 0.109. The number of hydrogen-bond donors (Lipinski definition) is 0. The van der Waals surface area contributed by atoms with Gasteiger partial charge in [0.05, 0.1) is 23.6 Å². The van der Waals surface area contributed by atoms with Crippen LogP contribution in [-0.4, -0.2) is 13.1 Å². The Balaban J connectivity index is 2.09. The van der Waals surface area contributed by atoms with Crippen molar-refractivity contribution in [2.75, 3.05) is 18.0 Å². The third-order valence-corrected chi connectivity index (χ3v) is 3.97. The first-order valence-electron chi connectivity index (χ1n) is 6.90. The van der Waals surface area contributed by atoms with Crippen molar-refractivity contribution in [1.82, 2.24) is 0 Å². The van der Waals surface area contributed by atoms with Gasteiger partial charge in [0, 0.05) is 29.5 Å². The monoisotopic (exact) mass is 261 g/mol. The summed E-state index contributed by atoms with van der Waals surface area (Å²) in [4.78, 5) is 2.28. The summed E-state index contributed by atoms with van der Waals surface area (Å²) in [6, 6.07) is 16.5. The van der Waals surface area contributed by atoms with Gasteiger partial charge >= 0.3 is 0 Å². The van der Waals surface area contributed by atoms with Crippen LogP contribution in [0.4, 0.5) is 5.69 Å². The van der Waals surface area contributed by atoms with Gasteiger partial charge in [-0.3, -0.25) is 0 Å². The molecule has 1 aliphatic heterocycles. The van der Waals surface area contributed by atoms with Gasteiger partial charge in [0.2, 0.25) is 0 Å². The fourth-order valence-electron chi connectivity index (χ4n) is 2.96. The molecule has 1 aliphatic rings. The van der Waals surface area contributed by atoms with Gasteiger partial charge in [0.1, 0.15) is 0 Å². The number of nitrogens with zero attached hydrogens (tertiary/aromatic N) is 3. The molecule has 20 heavy (non-hydrogen) atoms. The summed E-state index contributed by atoms with van der Waals surface area (Å²) >= 11 is 0. The average molecular weight is 261 g/mol. The molecule has 0 N–H and O–H groups in total. The lowest BCUT2D eigenvalue weighted by Gasteiger charge is -2.32. The molecule has 0 aliphatic carbocycles. The normalized spacial score (nSPS) is 18.5. The van der Waals surface area contributed by atoms with Crippen LogP contribution in [-0.2, 0) is 0 Å². The van der Waals surface area contributed by atoms with Crippen LogP contribution in [0.15, 0.2) is 36.4 Å². The molecule has 0 amide bonds. The molecule has 2 aromatic rings. The van der Waals surface area contributed by atoms with E-state index in [0.717, 1.165) is 42.4 Å². The third kappa shape index (κ3) is 2.08. The van der Waals surface area contributed by atoms with Gasteiger partial charge in [-0.05, 0) is 25.0 Å². The fraction of sp³-hybridized carbons (Fsp3) is 0.294. The molecule has 0 radical (unpaired) electrons. The first kappa shape index (κ1) is 12.5. The number of benzene rings is 2. The maximum absolute atomic E-state index is 9.21. The van der Waals surface area contributed by atoms with Crippen molar-refractivity contribution >= 4 is 16.5 Å². The minimum absolute atomic E-state index is 0.109. The predicted octanol–water partition coefficient (Wildman–Crippen LogP) is 3.45. The molecule has 0 spiro atoms. The van der Waals surface area contributed by atoms with E-state index in [2.05, 4.69) is 23.1 Å². The maximum Gasteiger partial charge on any atom is 0.0998 e. The summed E-state index contributed by atoms with van der Waals surface area (Å²) in [7, 11) is 0. The van der Waals surface area contributed by atoms with Crippen molar-refractivity contribution in [1.29, 1.82) is 10.5 Å². The Morgan fingerprint density at radius 1 is 1.05 bits per heavy atom. The van der Waals surface area contributed by atoms with Crippen LogP contribution in [0.25, 0.3) is 10.8 Å². The molecular weight excluding hydrogens is 246 g/mol. The Kier molecular flexibility index (Phi) is 3.27. The third-order valence-electron chi connectivity index (χ3n) is 3.97. The van der Waals surface area contributed by atoms with E-state index in [1.54, 1.807) is 0 Å². The number of hydrogen-bond acceptors (Lipinski definition) is 3. The molecule has 1 fully saturated rings. The van der Waals surface area contributed by atoms with E-state index in [1.165, 1.54) is 0 Å². The van der Waals surface area contributed by atoms with Crippen molar-refractivity contribution in [2.45, 2.75) is 12.8 Å². The molecular formula is C17H15N3. The molecule has 3 nitrogen and oxygen atoms in total. The first-order valence-corrected chi connectivity index (χ1v) is 6.90. The van der Waals surface area contributed by atoms with E-state index >= 15 is 0 Å². The Labute approximate surface area is 118 Å². The highest BCUT2D eigenvalue weighted by atomic mass is 15.1. The molecule has 2 aromatic carbocycles. The fourth-order valence-corrected chi connectivity index (χ4v) is 2.96. The number of piperidine rings is 1. The van der Waals surface area contributed by atoms with E-state index < -0.39 is 0 Å². The van der Waals surface area contributed by atoms with E-state index in [0.29, 0.717) is 5.56 Å². The van der Waals surface area contributed by atoms with E-state index in [1.807, 2.05) is 30.3 Å². The molecule has 0 aromatic heterocycles. The molecule has 1 atom stereocenters. The molecule has 1 saturated heterocycles. The van der Waals surface area contributed by atoms with Gasteiger partial charge in [-0.1, -0.05) is 24.3 Å². The van der Waals surface area contributed by atoms with Gasteiger partial charge in [0.15, 0.2) is 0 Å². The Morgan fingerprint density at radius 3 is 2.60 bits per heavy atom. The van der Waals surface area contributed by atoms with Crippen LogP contribution in [0.1, 0.15) is 18.4 Å². The second-order valence-corrected chi connectivity index (χ2v) is 5.20. The Bertz CT molecular complexity index is 721. The lowest BCUT2D eigenvalue weighted by atomic mass is 9.97. The van der Waals surface area contributed by atoms with Crippen molar-refractivity contribution in [3.63, 3.8) is 0 Å². The van der Waals surface area contributed by atoms with Gasteiger partial charge in [-0.25, -0.2) is 0 Å². The highest BCUT2D eigenvalue weighted by molar-refractivity contribution is 5.97. The topological polar surface area (TPSA) is 50.8 Å². The average Bonchev–Trinajstić information content (AvgIpc) is 2.54. The predicted molar refractivity (Wildman–Crippen MR) is 79.2 cm³/mol. The SMILES string of the molecule is N#Cc1ccc(N2CCCC(C#N)C2)c2ccccc12. The van der Waals surface area contributed by atoms with E-state index in [4.69, 9.17) is 5.26 Å². The lowest BCUT2D eigenvalue weighted by Crippen LogP contribution is -2.34. The number of rotatable bonds is 1. The zero-order chi connectivity index (χ0) is 13.9. The highest BCUT2D eigenvalue weighted by Crippen LogP contribution is 2.31. The van der Waals surface area contributed by atoms with Gasteiger partial charge in [0.25, 0.3) is 0 Å². The number of anilines is 1. The number of fused-ring (bicyclic) bond motifs is 1. The molecule has 3 rings (SSSR count). The second-order valence-electron chi connectivity index (χ2n) is 5.20. The van der Waals surface area contributed by atoms with Gasteiger partial charge < -0.3 is 4.90 Å². The molecule has 98 valence electrons. The summed E-state index contributed by atoms with van der Waals surface area (Å²) in [5, 5.41) is 20.4. The van der Waals surface area contributed by atoms with E-state index in [9.17, 15) is 5.26 Å². The summed E-state index contributed by atoms with van der Waals surface area (Å²) < 4.78 is 0. The maximum atomic E-state index is 9.21. The molecule has 1 unspecified atom stereocenters. The second kappa shape index (κ2) is 5.23.